The van der Waals surface area contributed by atoms with Crippen LogP contribution >= 0.6 is 38.9 Å². The van der Waals surface area contributed by atoms with Crippen molar-refractivity contribution in [3.05, 3.63) is 132 Å². The summed E-state index contributed by atoms with van der Waals surface area (Å²) in [6.45, 7) is 10.5. The molecule has 0 spiro atoms. The maximum atomic E-state index is 13.7. The van der Waals surface area contributed by atoms with Crippen LogP contribution in [0.15, 0.2) is 60.7 Å². The van der Waals surface area contributed by atoms with E-state index < -0.39 is 61.2 Å². The molecule has 47 heavy (non-hydrogen) atoms. The van der Waals surface area contributed by atoms with Gasteiger partial charge < -0.3 is 9.47 Å². The van der Waals surface area contributed by atoms with E-state index in [1.165, 1.54) is 6.07 Å². The van der Waals surface area contributed by atoms with Crippen LogP contribution in [-0.2, 0) is 4.57 Å². The Bertz CT molecular complexity index is 1920. The molecule has 0 radical (unpaired) electrons. The van der Waals surface area contributed by atoms with Gasteiger partial charge in [-0.2, -0.15) is 14.0 Å². The second-order valence-electron chi connectivity index (χ2n) is 8.80. The van der Waals surface area contributed by atoms with Crippen LogP contribution in [0.4, 0.5) is 34.6 Å². The van der Waals surface area contributed by atoms with E-state index in [0.717, 1.165) is 35.4 Å². The smallest absolute Gasteiger partial charge is 0.339 e. The van der Waals surface area contributed by atoms with Gasteiger partial charge in [0.05, 0.1) is 22.5 Å². The minimum Gasteiger partial charge on any atom is -0.448 e. The molecule has 0 aromatic heterocycles. The molecule has 0 saturated carbocycles. The summed E-state index contributed by atoms with van der Waals surface area (Å²) in [6, 6.07) is 13.3. The Balaban J connectivity index is 0.000000287. The number of benzene rings is 4. The van der Waals surface area contributed by atoms with Crippen LogP contribution in [0.1, 0.15) is 16.7 Å². The summed E-state index contributed by atoms with van der Waals surface area (Å²) < 4.78 is 73.6. The van der Waals surface area contributed by atoms with E-state index in [9.17, 15) is 42.4 Å². The molecule has 0 aliphatic carbocycles. The molecular formula is C28H16Cl3F4N4O7P. The van der Waals surface area contributed by atoms with Crippen molar-refractivity contribution >= 4 is 56.0 Å². The number of nitro benzene ring substituents is 2. The normalized spacial score (nSPS) is 10.2. The summed E-state index contributed by atoms with van der Waals surface area (Å²) in [5.74, 6) is -7.03. The molecule has 4 aromatic rings. The average Bonchev–Trinajstić information content (AvgIpc) is 2.96. The van der Waals surface area contributed by atoms with Crippen molar-refractivity contribution in [2.45, 2.75) is 13.8 Å². The zero-order chi connectivity index (χ0) is 35.6. The van der Waals surface area contributed by atoms with Gasteiger partial charge in [0.1, 0.15) is 11.5 Å². The van der Waals surface area contributed by atoms with Crippen molar-refractivity contribution in [1.82, 2.24) is 0 Å². The molecule has 0 unspecified atom stereocenters. The minimum atomic E-state index is -3.22. The molecule has 0 amide bonds. The molecule has 4 aromatic carbocycles. The Hall–Kier alpha value is -4.92. The lowest BCUT2D eigenvalue weighted by molar-refractivity contribution is -0.386. The summed E-state index contributed by atoms with van der Waals surface area (Å²) in [4.78, 5) is 23.1. The predicted octanol–water partition coefficient (Wildman–Crippen LogP) is 11.2. The SMILES string of the molecule is Cc1cc(C)cc(Oc2c([N+](=O)[O-])ccc(F)c2F)c1.O=P(Cl)(Cl)Cl.[C-]#[N+]c1cc(C#N)cc(Oc2c([N+](=O)[O-])ccc(F)c2F)c1. The number of hydrogen-bond donors (Lipinski definition) is 0. The quantitative estimate of drug-likeness (QED) is 0.0624. The van der Waals surface area contributed by atoms with Crippen LogP contribution in [0, 0.1) is 75.2 Å². The van der Waals surface area contributed by atoms with Gasteiger partial charge in [0, 0.05) is 17.7 Å². The highest BCUT2D eigenvalue weighted by atomic mass is 36.0. The molecule has 0 bridgehead atoms. The third-order valence-corrected chi connectivity index (χ3v) is 5.24. The van der Waals surface area contributed by atoms with Crippen molar-refractivity contribution in [3.8, 4) is 29.1 Å². The number of nitro groups is 2. The molecule has 11 nitrogen and oxygen atoms in total. The van der Waals surface area contributed by atoms with Crippen LogP contribution in [0.3, 0.4) is 0 Å². The van der Waals surface area contributed by atoms with Crippen LogP contribution in [-0.4, -0.2) is 9.85 Å². The summed E-state index contributed by atoms with van der Waals surface area (Å²) >= 11 is 13.8. The zero-order valence-corrected chi connectivity index (χ0v) is 26.7. The molecule has 0 saturated heterocycles. The molecule has 0 N–H and O–H groups in total. The van der Waals surface area contributed by atoms with Gasteiger partial charge in [-0.15, -0.1) is 0 Å². The number of aryl methyl sites for hydroxylation is 2. The first kappa shape index (κ1) is 38.3. The zero-order valence-electron chi connectivity index (χ0n) is 23.5. The number of ether oxygens (including phenoxy) is 2. The van der Waals surface area contributed by atoms with E-state index in [4.69, 9.17) is 21.3 Å². The summed E-state index contributed by atoms with van der Waals surface area (Å²) in [6.07, 6.45) is 0. The lowest BCUT2D eigenvalue weighted by Crippen LogP contribution is -1.99. The number of nitriles is 1. The first-order valence-electron chi connectivity index (χ1n) is 12.1. The topological polar surface area (TPSA) is 150 Å². The largest absolute Gasteiger partial charge is 0.448 e. The average molecular weight is 734 g/mol. The summed E-state index contributed by atoms with van der Waals surface area (Å²) in [5.41, 5.74) is 0.365. The molecule has 0 aliphatic rings. The Labute approximate surface area is 277 Å². The van der Waals surface area contributed by atoms with Crippen LogP contribution < -0.4 is 9.47 Å². The third-order valence-electron chi connectivity index (χ3n) is 5.24. The van der Waals surface area contributed by atoms with Gasteiger partial charge in [-0.25, -0.2) is 13.6 Å². The molecule has 0 aliphatic heterocycles. The predicted molar refractivity (Wildman–Crippen MR) is 165 cm³/mol. The van der Waals surface area contributed by atoms with Crippen LogP contribution in [0.25, 0.3) is 4.85 Å². The molecule has 4 rings (SSSR count). The molecule has 244 valence electrons. The second kappa shape index (κ2) is 16.6. The third kappa shape index (κ3) is 11.7. The Kier molecular flexibility index (Phi) is 13.5. The number of hydrogen-bond acceptors (Lipinski definition) is 8. The van der Waals surface area contributed by atoms with E-state index in [2.05, 4.69) is 38.6 Å². The molecule has 0 atom stereocenters. The molecule has 19 heteroatoms. The second-order valence-corrected chi connectivity index (χ2v) is 15.4. The van der Waals surface area contributed by atoms with Crippen molar-refractivity contribution < 1.29 is 41.4 Å². The van der Waals surface area contributed by atoms with Gasteiger partial charge in [0.2, 0.25) is 23.1 Å². The van der Waals surface area contributed by atoms with Crippen LogP contribution in [0.2, 0.25) is 0 Å². The van der Waals surface area contributed by atoms with E-state index in [1.54, 1.807) is 32.0 Å². The Morgan fingerprint density at radius 3 is 1.55 bits per heavy atom. The summed E-state index contributed by atoms with van der Waals surface area (Å²) in [5, 5.41) is 27.3. The Morgan fingerprint density at radius 2 is 1.19 bits per heavy atom. The minimum absolute atomic E-state index is 0.0218. The fraction of sp³-hybridized carbons (Fsp3) is 0.0714. The lowest BCUT2D eigenvalue weighted by Gasteiger charge is -2.09. The van der Waals surface area contributed by atoms with Gasteiger partial charge in [-0.3, -0.25) is 24.8 Å². The van der Waals surface area contributed by atoms with Crippen molar-refractivity contribution in [2.24, 2.45) is 0 Å². The Morgan fingerprint density at radius 1 is 0.787 bits per heavy atom. The van der Waals surface area contributed by atoms with Crippen molar-refractivity contribution in [1.29, 1.82) is 5.26 Å². The standard InChI is InChI=1S/C14H5F2N3O3.C14H11F2NO3.Cl3OP/c1-18-9-4-8(7-17)5-10(6-9)22-14-12(19(20)21)3-2-11(15)13(14)16;1-8-5-9(2)7-10(6-8)20-14-12(17(18)19)4-3-11(15)13(14)16;1-5(2,3)4/h2-6H;3-7H,1-2H3;. The maximum absolute atomic E-state index is 13.7. The van der Waals surface area contributed by atoms with Crippen LogP contribution in [0.5, 0.6) is 23.0 Å². The van der Waals surface area contributed by atoms with Gasteiger partial charge in [0.25, 0.3) is 0 Å². The first-order valence-corrected chi connectivity index (χ1v) is 16.6. The summed E-state index contributed by atoms with van der Waals surface area (Å²) in [7, 11) is 0. The molecule has 0 fully saturated rings. The van der Waals surface area contributed by atoms with Gasteiger partial charge in [-0.05, 0) is 101 Å². The highest BCUT2D eigenvalue weighted by Gasteiger charge is 2.25. The van der Waals surface area contributed by atoms with E-state index >= 15 is 0 Å². The van der Waals surface area contributed by atoms with E-state index in [-0.39, 0.29) is 22.7 Å². The van der Waals surface area contributed by atoms with E-state index in [0.29, 0.717) is 12.1 Å². The van der Waals surface area contributed by atoms with E-state index in [1.807, 2.05) is 6.07 Å². The monoisotopic (exact) mass is 732 g/mol. The van der Waals surface area contributed by atoms with Crippen molar-refractivity contribution in [3.63, 3.8) is 0 Å². The number of rotatable bonds is 6. The molecular weight excluding hydrogens is 718 g/mol. The fourth-order valence-corrected chi connectivity index (χ4v) is 3.52. The highest BCUT2D eigenvalue weighted by Crippen LogP contribution is 2.61. The number of halogens is 7. The highest BCUT2D eigenvalue weighted by molar-refractivity contribution is 8.24. The fourth-order valence-electron chi connectivity index (χ4n) is 3.52. The first-order chi connectivity index (χ1) is 21.8. The maximum Gasteiger partial charge on any atom is 0.339 e. The molecule has 0 heterocycles. The van der Waals surface area contributed by atoms with Crippen molar-refractivity contribution in [2.75, 3.05) is 0 Å². The number of nitrogens with zero attached hydrogens (tertiary/aromatic N) is 4. The lowest BCUT2D eigenvalue weighted by atomic mass is 10.1. The van der Waals surface area contributed by atoms with Gasteiger partial charge in [0.15, 0.2) is 17.3 Å². The van der Waals surface area contributed by atoms with Gasteiger partial charge >= 0.3 is 16.6 Å². The van der Waals surface area contributed by atoms with Gasteiger partial charge in [-0.1, -0.05) is 6.07 Å².